The first kappa shape index (κ1) is 16.1. The zero-order chi connectivity index (χ0) is 16.4. The van der Waals surface area contributed by atoms with Crippen LogP contribution in [-0.2, 0) is 4.79 Å². The lowest BCUT2D eigenvalue weighted by molar-refractivity contribution is -0.113. The highest BCUT2D eigenvalue weighted by Crippen LogP contribution is 2.37. The topological polar surface area (TPSA) is 64.0 Å². The first-order valence-corrected chi connectivity index (χ1v) is 8.67. The molecule has 1 heterocycles. The van der Waals surface area contributed by atoms with Crippen molar-refractivity contribution < 1.29 is 4.79 Å². The number of nitrogens with one attached hydrogen (secondary N) is 1. The number of carbonyl (C=O) groups excluding carboxylic acids is 1. The van der Waals surface area contributed by atoms with Crippen LogP contribution in [0.3, 0.4) is 0 Å². The summed E-state index contributed by atoms with van der Waals surface area (Å²) >= 11 is 7.37. The van der Waals surface area contributed by atoms with Gasteiger partial charge in [-0.15, -0.1) is 0 Å². The number of anilines is 1. The average molecular weight is 350 g/mol. The maximum Gasteiger partial charge on any atom is 0.273 e. The maximum atomic E-state index is 12.1. The minimum absolute atomic E-state index is 0.174. The highest BCUT2D eigenvalue weighted by molar-refractivity contribution is 7.99. The minimum Gasteiger partial charge on any atom is -0.324 e. The van der Waals surface area contributed by atoms with Crippen LogP contribution in [0.15, 0.2) is 40.4 Å². The standard InChI is InChI=1S/C16H16ClN3O2S/c1-10-2-5-13(12(17)8-10)18-15(22)9-23-16-19-14(21)6-7-20(16)11-3-4-11/h2,5-8,11H,3-4,9H2,1H3,(H,18,22). The Bertz CT molecular complexity index is 802. The lowest BCUT2D eigenvalue weighted by atomic mass is 10.2. The normalized spacial score (nSPS) is 13.8. The van der Waals surface area contributed by atoms with Crippen LogP contribution in [0, 0.1) is 6.92 Å². The Labute approximate surface area is 143 Å². The van der Waals surface area contributed by atoms with E-state index < -0.39 is 0 Å². The van der Waals surface area contributed by atoms with Crippen LogP contribution in [0.5, 0.6) is 0 Å². The van der Waals surface area contributed by atoms with Crippen molar-refractivity contribution in [3.63, 3.8) is 0 Å². The van der Waals surface area contributed by atoms with Crippen molar-refractivity contribution in [2.24, 2.45) is 0 Å². The van der Waals surface area contributed by atoms with Gasteiger partial charge in [0.1, 0.15) is 0 Å². The van der Waals surface area contributed by atoms with Crippen molar-refractivity contribution in [3.05, 3.63) is 51.4 Å². The molecule has 0 bridgehead atoms. The molecule has 120 valence electrons. The number of aryl methyl sites for hydroxylation is 1. The Kier molecular flexibility index (Phi) is 4.73. The van der Waals surface area contributed by atoms with E-state index in [0.29, 0.717) is 21.9 Å². The van der Waals surface area contributed by atoms with Gasteiger partial charge in [0.25, 0.3) is 5.56 Å². The van der Waals surface area contributed by atoms with Gasteiger partial charge in [0.2, 0.25) is 5.91 Å². The summed E-state index contributed by atoms with van der Waals surface area (Å²) in [5.41, 5.74) is 1.33. The fraction of sp³-hybridized carbons (Fsp3) is 0.312. The smallest absolute Gasteiger partial charge is 0.273 e. The Morgan fingerprint density at radius 3 is 2.91 bits per heavy atom. The van der Waals surface area contributed by atoms with Gasteiger partial charge in [0.05, 0.1) is 16.5 Å². The van der Waals surface area contributed by atoms with E-state index in [-0.39, 0.29) is 17.2 Å². The largest absolute Gasteiger partial charge is 0.324 e. The fourth-order valence-corrected chi connectivity index (χ4v) is 3.30. The van der Waals surface area contributed by atoms with E-state index in [4.69, 9.17) is 11.6 Å². The van der Waals surface area contributed by atoms with Crippen molar-refractivity contribution in [3.8, 4) is 0 Å². The highest BCUT2D eigenvalue weighted by atomic mass is 35.5. The van der Waals surface area contributed by atoms with Gasteiger partial charge in [-0.3, -0.25) is 9.59 Å². The van der Waals surface area contributed by atoms with Crippen LogP contribution in [-0.4, -0.2) is 21.2 Å². The molecule has 0 aliphatic heterocycles. The summed E-state index contributed by atoms with van der Waals surface area (Å²) in [6, 6.07) is 7.32. The zero-order valence-corrected chi connectivity index (χ0v) is 14.2. The average Bonchev–Trinajstić information content (AvgIpc) is 3.33. The summed E-state index contributed by atoms with van der Waals surface area (Å²) in [6.45, 7) is 1.94. The molecule has 0 unspecified atom stereocenters. The quantitative estimate of drug-likeness (QED) is 0.664. The maximum absolute atomic E-state index is 12.1. The van der Waals surface area contributed by atoms with E-state index in [0.717, 1.165) is 18.4 Å². The van der Waals surface area contributed by atoms with Gasteiger partial charge in [-0.05, 0) is 37.5 Å². The monoisotopic (exact) mass is 349 g/mol. The number of rotatable bonds is 5. The first-order chi connectivity index (χ1) is 11.0. The highest BCUT2D eigenvalue weighted by Gasteiger charge is 2.25. The fourth-order valence-electron chi connectivity index (χ4n) is 2.17. The summed E-state index contributed by atoms with van der Waals surface area (Å²) < 4.78 is 1.97. The minimum atomic E-state index is -0.286. The molecule has 2 aromatic rings. The summed E-state index contributed by atoms with van der Waals surface area (Å²) in [6.07, 6.45) is 3.93. The molecule has 1 aliphatic carbocycles. The van der Waals surface area contributed by atoms with Crippen molar-refractivity contribution in [1.82, 2.24) is 9.55 Å². The molecule has 5 nitrogen and oxygen atoms in total. The third-order valence-electron chi connectivity index (χ3n) is 3.48. The second-order valence-corrected chi connectivity index (χ2v) is 6.86. The SMILES string of the molecule is Cc1ccc(NC(=O)CSc2nc(=O)ccn2C2CC2)c(Cl)c1. The van der Waals surface area contributed by atoms with Gasteiger partial charge in [0, 0.05) is 18.3 Å². The zero-order valence-electron chi connectivity index (χ0n) is 12.6. The predicted molar refractivity (Wildman–Crippen MR) is 92.3 cm³/mol. The molecule has 7 heteroatoms. The van der Waals surface area contributed by atoms with Gasteiger partial charge in [-0.1, -0.05) is 29.4 Å². The van der Waals surface area contributed by atoms with Crippen molar-refractivity contribution in [1.29, 1.82) is 0 Å². The second-order valence-electron chi connectivity index (χ2n) is 5.51. The van der Waals surface area contributed by atoms with Crippen molar-refractivity contribution >= 4 is 35.0 Å². The molecule has 1 amide bonds. The number of carbonyl (C=O) groups is 1. The summed E-state index contributed by atoms with van der Waals surface area (Å²) in [5.74, 6) is -0.00546. The molecule has 1 saturated carbocycles. The number of hydrogen-bond donors (Lipinski definition) is 1. The number of amides is 1. The van der Waals surface area contributed by atoms with E-state index in [2.05, 4.69) is 10.3 Å². The van der Waals surface area contributed by atoms with E-state index in [1.807, 2.05) is 17.6 Å². The van der Waals surface area contributed by atoms with Crippen molar-refractivity contribution in [2.75, 3.05) is 11.1 Å². The van der Waals surface area contributed by atoms with E-state index in [1.165, 1.54) is 17.8 Å². The van der Waals surface area contributed by atoms with Crippen LogP contribution in [0.1, 0.15) is 24.4 Å². The molecular weight excluding hydrogens is 334 g/mol. The number of nitrogens with zero attached hydrogens (tertiary/aromatic N) is 2. The summed E-state index contributed by atoms with van der Waals surface area (Å²) in [5, 5.41) is 3.88. The molecule has 0 spiro atoms. The number of halogens is 1. The van der Waals surface area contributed by atoms with Crippen LogP contribution < -0.4 is 10.9 Å². The third-order valence-corrected chi connectivity index (χ3v) is 4.76. The number of hydrogen-bond acceptors (Lipinski definition) is 4. The number of thioether (sulfide) groups is 1. The van der Waals surface area contributed by atoms with Crippen LogP contribution in [0.25, 0.3) is 0 Å². The second kappa shape index (κ2) is 6.76. The van der Waals surface area contributed by atoms with Crippen LogP contribution in [0.4, 0.5) is 5.69 Å². The van der Waals surface area contributed by atoms with Crippen LogP contribution >= 0.6 is 23.4 Å². The Balaban J connectivity index is 1.65. The molecular formula is C16H16ClN3O2S. The molecule has 0 atom stereocenters. The first-order valence-electron chi connectivity index (χ1n) is 7.31. The molecule has 0 radical (unpaired) electrons. The molecule has 1 aliphatic rings. The van der Waals surface area contributed by atoms with E-state index >= 15 is 0 Å². The van der Waals surface area contributed by atoms with E-state index in [9.17, 15) is 9.59 Å². The van der Waals surface area contributed by atoms with Crippen molar-refractivity contribution in [2.45, 2.75) is 31.0 Å². The number of benzene rings is 1. The summed E-state index contributed by atoms with van der Waals surface area (Å²) in [7, 11) is 0. The van der Waals surface area contributed by atoms with Gasteiger partial charge in [-0.25, -0.2) is 0 Å². The molecule has 1 N–H and O–H groups in total. The molecule has 23 heavy (non-hydrogen) atoms. The number of aromatic nitrogens is 2. The summed E-state index contributed by atoms with van der Waals surface area (Å²) in [4.78, 5) is 27.5. The van der Waals surface area contributed by atoms with Gasteiger partial charge >= 0.3 is 0 Å². The van der Waals surface area contributed by atoms with Gasteiger partial charge in [-0.2, -0.15) is 4.98 Å². The molecule has 1 aromatic carbocycles. The van der Waals surface area contributed by atoms with Crippen LogP contribution in [0.2, 0.25) is 5.02 Å². The Morgan fingerprint density at radius 2 is 2.22 bits per heavy atom. The van der Waals surface area contributed by atoms with E-state index in [1.54, 1.807) is 18.3 Å². The Hall–Kier alpha value is -1.79. The lowest BCUT2D eigenvalue weighted by Crippen LogP contribution is -2.17. The Morgan fingerprint density at radius 1 is 1.43 bits per heavy atom. The molecule has 1 fully saturated rings. The molecule has 0 saturated heterocycles. The predicted octanol–water partition coefficient (Wildman–Crippen LogP) is 3.27. The van der Waals surface area contributed by atoms with Gasteiger partial charge < -0.3 is 9.88 Å². The molecule has 3 rings (SSSR count). The lowest BCUT2D eigenvalue weighted by Gasteiger charge is -2.11. The third kappa shape index (κ3) is 4.14. The molecule has 1 aromatic heterocycles. The van der Waals surface area contributed by atoms with Gasteiger partial charge in [0.15, 0.2) is 5.16 Å².